The molecule has 0 aromatic heterocycles. The molecule has 1 amide bonds. The van der Waals surface area contributed by atoms with Gasteiger partial charge in [-0.15, -0.1) is 24.0 Å². The number of hydrogen-bond acceptors (Lipinski definition) is 4. The normalized spacial score (nSPS) is 23.4. The number of guanidine groups is 1. The van der Waals surface area contributed by atoms with E-state index in [1.54, 1.807) is 12.0 Å². The van der Waals surface area contributed by atoms with E-state index in [4.69, 9.17) is 9.73 Å². The number of carbonyl (C=O) groups excluding carboxylic acids is 1. The number of halogens is 1. The van der Waals surface area contributed by atoms with Crippen molar-refractivity contribution in [2.75, 3.05) is 67.1 Å². The van der Waals surface area contributed by atoms with Crippen LogP contribution < -0.4 is 5.32 Å². The van der Waals surface area contributed by atoms with Crippen molar-refractivity contribution in [2.24, 2.45) is 10.9 Å². The first-order valence-electron chi connectivity index (χ1n) is 10.0. The molecule has 1 N–H and O–H groups in total. The van der Waals surface area contributed by atoms with E-state index in [2.05, 4.69) is 22.0 Å². The molecule has 2 unspecified atom stereocenters. The Kier molecular flexibility index (Phi) is 11.6. The maximum atomic E-state index is 12.3. The number of nitrogens with one attached hydrogen (secondary N) is 1. The van der Waals surface area contributed by atoms with Gasteiger partial charge in [-0.2, -0.15) is 0 Å². The molecule has 2 atom stereocenters. The summed E-state index contributed by atoms with van der Waals surface area (Å²) < 4.78 is 5.29. The number of rotatable bonds is 8. The minimum absolute atomic E-state index is 0. The topological polar surface area (TPSA) is 60.4 Å². The lowest BCUT2D eigenvalue weighted by Crippen LogP contribution is -2.43. The van der Waals surface area contributed by atoms with E-state index in [0.717, 1.165) is 71.1 Å². The zero-order valence-corrected chi connectivity index (χ0v) is 19.8. The van der Waals surface area contributed by atoms with Crippen LogP contribution in [-0.2, 0) is 9.53 Å². The number of ether oxygens (including phenoxy) is 1. The van der Waals surface area contributed by atoms with Crippen LogP contribution in [-0.4, -0.2) is 99.7 Å². The fourth-order valence-corrected chi connectivity index (χ4v) is 3.95. The van der Waals surface area contributed by atoms with Crippen LogP contribution in [0, 0.1) is 5.92 Å². The highest BCUT2D eigenvalue weighted by molar-refractivity contribution is 14.0. The molecule has 27 heavy (non-hydrogen) atoms. The molecule has 2 rings (SSSR count). The zero-order valence-electron chi connectivity index (χ0n) is 17.4. The standard InChI is InChI=1S/C19H37N5O2.HI/c1-5-20-19(24-13-9-16(14-24)15-26-4)21-10-7-12-23-11-6-8-17(23)18(25)22(2)3;/h16-17H,5-15H2,1-4H3,(H,20,21);1H. The van der Waals surface area contributed by atoms with Crippen molar-refractivity contribution in [1.29, 1.82) is 0 Å². The minimum atomic E-state index is 0. The van der Waals surface area contributed by atoms with E-state index >= 15 is 0 Å². The Bertz CT molecular complexity index is 475. The van der Waals surface area contributed by atoms with E-state index in [-0.39, 0.29) is 35.9 Å². The number of amides is 1. The van der Waals surface area contributed by atoms with Crippen LogP contribution in [0.3, 0.4) is 0 Å². The Labute approximate surface area is 181 Å². The molecule has 2 saturated heterocycles. The average Bonchev–Trinajstić information content (AvgIpc) is 3.26. The largest absolute Gasteiger partial charge is 0.384 e. The molecular weight excluding hydrogens is 457 g/mol. The van der Waals surface area contributed by atoms with Crippen molar-refractivity contribution in [3.63, 3.8) is 0 Å². The van der Waals surface area contributed by atoms with E-state index in [1.165, 1.54) is 6.42 Å². The molecule has 0 aliphatic carbocycles. The summed E-state index contributed by atoms with van der Waals surface area (Å²) in [4.78, 5) is 23.5. The van der Waals surface area contributed by atoms with E-state index in [0.29, 0.717) is 5.92 Å². The van der Waals surface area contributed by atoms with Crippen LogP contribution in [0.5, 0.6) is 0 Å². The zero-order chi connectivity index (χ0) is 18.9. The summed E-state index contributed by atoms with van der Waals surface area (Å²) >= 11 is 0. The molecule has 158 valence electrons. The highest BCUT2D eigenvalue weighted by Crippen LogP contribution is 2.19. The van der Waals surface area contributed by atoms with E-state index < -0.39 is 0 Å². The van der Waals surface area contributed by atoms with Gasteiger partial charge in [0.05, 0.1) is 12.6 Å². The van der Waals surface area contributed by atoms with Crippen LogP contribution >= 0.6 is 24.0 Å². The van der Waals surface area contributed by atoms with Gasteiger partial charge < -0.3 is 19.9 Å². The molecule has 7 nitrogen and oxygen atoms in total. The lowest BCUT2D eigenvalue weighted by atomic mass is 10.1. The molecule has 0 aromatic carbocycles. The van der Waals surface area contributed by atoms with Gasteiger partial charge in [-0.05, 0) is 39.2 Å². The second-order valence-electron chi connectivity index (χ2n) is 7.57. The molecule has 0 saturated carbocycles. The summed E-state index contributed by atoms with van der Waals surface area (Å²) in [7, 11) is 5.46. The van der Waals surface area contributed by atoms with Gasteiger partial charge in [0.25, 0.3) is 0 Å². The molecule has 2 heterocycles. The van der Waals surface area contributed by atoms with E-state index in [1.807, 2.05) is 14.1 Å². The molecular formula is C19H38IN5O2. The fourth-order valence-electron chi connectivity index (χ4n) is 3.95. The second kappa shape index (κ2) is 12.8. The first-order chi connectivity index (χ1) is 12.6. The van der Waals surface area contributed by atoms with Gasteiger partial charge in [0.1, 0.15) is 0 Å². The molecule has 2 aliphatic rings. The summed E-state index contributed by atoms with van der Waals surface area (Å²) in [6, 6.07) is 0.0654. The molecule has 2 aliphatic heterocycles. The quantitative estimate of drug-likeness (QED) is 0.239. The third kappa shape index (κ3) is 7.38. The van der Waals surface area contributed by atoms with Crippen LogP contribution in [0.1, 0.15) is 32.6 Å². The monoisotopic (exact) mass is 495 g/mol. The Morgan fingerprint density at radius 1 is 1.30 bits per heavy atom. The summed E-state index contributed by atoms with van der Waals surface area (Å²) in [5.41, 5.74) is 0. The number of likely N-dealkylation sites (tertiary alicyclic amines) is 2. The average molecular weight is 495 g/mol. The number of carbonyl (C=O) groups is 1. The van der Waals surface area contributed by atoms with Gasteiger partial charge in [0, 0.05) is 59.8 Å². The fraction of sp³-hybridized carbons (Fsp3) is 0.895. The lowest BCUT2D eigenvalue weighted by molar-refractivity contribution is -0.133. The van der Waals surface area contributed by atoms with Crippen molar-refractivity contribution < 1.29 is 9.53 Å². The predicted octanol–water partition coefficient (Wildman–Crippen LogP) is 1.48. The van der Waals surface area contributed by atoms with Gasteiger partial charge in [0.15, 0.2) is 5.96 Å². The predicted molar refractivity (Wildman–Crippen MR) is 121 cm³/mol. The first kappa shape index (κ1) is 24.4. The Hall–Kier alpha value is -0.610. The summed E-state index contributed by atoms with van der Waals surface area (Å²) in [6.45, 7) is 8.66. The SMILES string of the molecule is CCNC(=NCCCN1CCCC1C(=O)N(C)C)N1CCC(COC)C1.I. The second-order valence-corrected chi connectivity index (χ2v) is 7.57. The van der Waals surface area contributed by atoms with Crippen LogP contribution in [0.15, 0.2) is 4.99 Å². The van der Waals surface area contributed by atoms with Crippen molar-refractivity contribution in [3.05, 3.63) is 0 Å². The Morgan fingerprint density at radius 3 is 2.74 bits per heavy atom. The third-order valence-electron chi connectivity index (χ3n) is 5.28. The minimum Gasteiger partial charge on any atom is -0.384 e. The smallest absolute Gasteiger partial charge is 0.239 e. The maximum Gasteiger partial charge on any atom is 0.239 e. The molecule has 2 fully saturated rings. The summed E-state index contributed by atoms with van der Waals surface area (Å²) in [6.07, 6.45) is 4.25. The van der Waals surface area contributed by atoms with Crippen molar-refractivity contribution in [2.45, 2.75) is 38.6 Å². The highest BCUT2D eigenvalue weighted by Gasteiger charge is 2.31. The van der Waals surface area contributed by atoms with Crippen LogP contribution in [0.25, 0.3) is 0 Å². The molecule has 0 bridgehead atoms. The van der Waals surface area contributed by atoms with Gasteiger partial charge >= 0.3 is 0 Å². The molecule has 0 spiro atoms. The molecule has 0 radical (unpaired) electrons. The number of hydrogen-bond donors (Lipinski definition) is 1. The number of aliphatic imine (C=N–C) groups is 1. The highest BCUT2D eigenvalue weighted by atomic mass is 127. The maximum absolute atomic E-state index is 12.3. The molecule has 8 heteroatoms. The van der Waals surface area contributed by atoms with Gasteiger partial charge in [-0.3, -0.25) is 14.7 Å². The first-order valence-corrected chi connectivity index (χ1v) is 10.0. The van der Waals surface area contributed by atoms with Crippen molar-refractivity contribution >= 4 is 35.8 Å². The van der Waals surface area contributed by atoms with Gasteiger partial charge in [0.2, 0.25) is 5.91 Å². The summed E-state index contributed by atoms with van der Waals surface area (Å²) in [5, 5.41) is 3.42. The Morgan fingerprint density at radius 2 is 2.07 bits per heavy atom. The number of methoxy groups -OCH3 is 1. The number of likely N-dealkylation sites (N-methyl/N-ethyl adjacent to an activating group) is 1. The van der Waals surface area contributed by atoms with Crippen LogP contribution in [0.2, 0.25) is 0 Å². The van der Waals surface area contributed by atoms with Crippen molar-refractivity contribution in [1.82, 2.24) is 20.0 Å². The Balaban J connectivity index is 0.00000364. The van der Waals surface area contributed by atoms with E-state index in [9.17, 15) is 4.79 Å². The lowest BCUT2D eigenvalue weighted by Gasteiger charge is -2.26. The number of nitrogens with zero attached hydrogens (tertiary/aromatic N) is 4. The van der Waals surface area contributed by atoms with Crippen molar-refractivity contribution in [3.8, 4) is 0 Å². The van der Waals surface area contributed by atoms with Gasteiger partial charge in [-0.25, -0.2) is 0 Å². The molecule has 0 aromatic rings. The summed E-state index contributed by atoms with van der Waals surface area (Å²) in [5.74, 6) is 1.86. The van der Waals surface area contributed by atoms with Crippen LogP contribution in [0.4, 0.5) is 0 Å². The van der Waals surface area contributed by atoms with Gasteiger partial charge in [-0.1, -0.05) is 0 Å². The third-order valence-corrected chi connectivity index (χ3v) is 5.28.